The molecule has 1 atom stereocenters. The second kappa shape index (κ2) is 8.68. The van der Waals surface area contributed by atoms with Crippen LogP contribution in [0, 0.1) is 13.8 Å². The molecule has 0 radical (unpaired) electrons. The number of aromatic nitrogens is 1. The smallest absolute Gasteiger partial charge is 0.260 e. The quantitative estimate of drug-likeness (QED) is 0.524. The summed E-state index contributed by atoms with van der Waals surface area (Å²) in [6, 6.07) is 10.8. The molecule has 5 rings (SSSR count). The van der Waals surface area contributed by atoms with Crippen molar-refractivity contribution in [1.82, 2.24) is 4.98 Å². The van der Waals surface area contributed by atoms with Crippen LogP contribution in [-0.2, 0) is 14.3 Å². The molecule has 2 fully saturated rings. The lowest BCUT2D eigenvalue weighted by Gasteiger charge is -2.23. The molecule has 0 N–H and O–H groups in total. The van der Waals surface area contributed by atoms with Crippen molar-refractivity contribution < 1.29 is 19.1 Å². The summed E-state index contributed by atoms with van der Waals surface area (Å²) in [7, 11) is 0. The summed E-state index contributed by atoms with van der Waals surface area (Å²) in [6.45, 7) is 5.24. The molecule has 170 valence electrons. The van der Waals surface area contributed by atoms with Crippen LogP contribution >= 0.6 is 11.3 Å². The molecule has 8 heteroatoms. The molecule has 3 aromatic rings. The van der Waals surface area contributed by atoms with Gasteiger partial charge in [0, 0.05) is 25.0 Å². The summed E-state index contributed by atoms with van der Waals surface area (Å²) in [4.78, 5) is 45.4. The molecule has 0 bridgehead atoms. The predicted octanol–water partition coefficient (Wildman–Crippen LogP) is 4.39. The molecule has 1 aromatic heterocycles. The maximum atomic E-state index is 13.6. The number of carbonyl (C=O) groups excluding carboxylic acids is 3. The SMILES string of the molecule is Cc1ccc2sc(N(CC3CCCO3)C(=O)c3ccc(N4C(=O)CCC4=O)cc3)nc2c1C. The van der Waals surface area contributed by atoms with Crippen molar-refractivity contribution in [3.8, 4) is 0 Å². The largest absolute Gasteiger partial charge is 0.376 e. The Labute approximate surface area is 196 Å². The van der Waals surface area contributed by atoms with Crippen LogP contribution in [0.4, 0.5) is 10.8 Å². The molecule has 1 unspecified atom stereocenters. The Morgan fingerprint density at radius 1 is 1.12 bits per heavy atom. The average molecular weight is 464 g/mol. The lowest BCUT2D eigenvalue weighted by Crippen LogP contribution is -2.37. The lowest BCUT2D eigenvalue weighted by atomic mass is 10.1. The number of hydrogen-bond donors (Lipinski definition) is 0. The molecule has 2 aliphatic heterocycles. The number of benzene rings is 2. The van der Waals surface area contributed by atoms with Gasteiger partial charge >= 0.3 is 0 Å². The number of aryl methyl sites for hydroxylation is 2. The normalized spacial score (nSPS) is 18.5. The zero-order valence-electron chi connectivity index (χ0n) is 18.7. The topological polar surface area (TPSA) is 79.8 Å². The summed E-state index contributed by atoms with van der Waals surface area (Å²) in [5.74, 6) is -0.594. The van der Waals surface area contributed by atoms with Crippen LogP contribution in [0.5, 0.6) is 0 Å². The first kappa shape index (κ1) is 21.7. The highest BCUT2D eigenvalue weighted by atomic mass is 32.1. The number of thiazole rings is 1. The van der Waals surface area contributed by atoms with Crippen LogP contribution in [-0.4, -0.2) is 42.0 Å². The fourth-order valence-electron chi connectivity index (χ4n) is 4.34. The summed E-state index contributed by atoms with van der Waals surface area (Å²) in [5.41, 5.74) is 4.17. The Bertz CT molecular complexity index is 1230. The molecule has 7 nitrogen and oxygen atoms in total. The number of imide groups is 1. The molecular weight excluding hydrogens is 438 g/mol. The highest BCUT2D eigenvalue weighted by molar-refractivity contribution is 7.22. The van der Waals surface area contributed by atoms with Gasteiger partial charge in [-0.15, -0.1) is 0 Å². The van der Waals surface area contributed by atoms with Crippen LogP contribution in [0.2, 0.25) is 0 Å². The van der Waals surface area contributed by atoms with Crippen molar-refractivity contribution in [1.29, 1.82) is 0 Å². The molecule has 3 heterocycles. The van der Waals surface area contributed by atoms with Crippen molar-refractivity contribution in [2.24, 2.45) is 0 Å². The molecule has 3 amide bonds. The van der Waals surface area contributed by atoms with E-state index in [4.69, 9.17) is 9.72 Å². The number of rotatable bonds is 5. The third kappa shape index (κ3) is 4.05. The van der Waals surface area contributed by atoms with Crippen molar-refractivity contribution >= 4 is 50.1 Å². The summed E-state index contributed by atoms with van der Waals surface area (Å²) in [5, 5.41) is 0.646. The van der Waals surface area contributed by atoms with E-state index in [-0.39, 0.29) is 36.7 Å². The van der Waals surface area contributed by atoms with Gasteiger partial charge in [0.1, 0.15) is 0 Å². The Morgan fingerprint density at radius 3 is 2.52 bits per heavy atom. The minimum absolute atomic E-state index is 0.0251. The van der Waals surface area contributed by atoms with Gasteiger partial charge in [-0.3, -0.25) is 24.2 Å². The van der Waals surface area contributed by atoms with Gasteiger partial charge in [0.25, 0.3) is 5.91 Å². The number of ether oxygens (including phenoxy) is 1. The molecule has 0 spiro atoms. The molecule has 33 heavy (non-hydrogen) atoms. The Balaban J connectivity index is 1.47. The van der Waals surface area contributed by atoms with E-state index in [1.54, 1.807) is 29.2 Å². The fourth-order valence-corrected chi connectivity index (χ4v) is 5.38. The lowest BCUT2D eigenvalue weighted by molar-refractivity contribution is -0.121. The van der Waals surface area contributed by atoms with E-state index in [0.29, 0.717) is 29.5 Å². The minimum Gasteiger partial charge on any atom is -0.376 e. The third-order valence-electron chi connectivity index (χ3n) is 6.38. The fraction of sp³-hybridized carbons (Fsp3) is 0.360. The summed E-state index contributed by atoms with van der Waals surface area (Å²) >= 11 is 1.50. The summed E-state index contributed by atoms with van der Waals surface area (Å²) < 4.78 is 6.86. The van der Waals surface area contributed by atoms with E-state index >= 15 is 0 Å². The van der Waals surface area contributed by atoms with Crippen molar-refractivity contribution in [2.75, 3.05) is 23.0 Å². The van der Waals surface area contributed by atoms with Gasteiger partial charge in [-0.05, 0) is 68.1 Å². The first-order chi connectivity index (χ1) is 15.9. The van der Waals surface area contributed by atoms with Gasteiger partial charge in [-0.2, -0.15) is 0 Å². The van der Waals surface area contributed by atoms with E-state index in [0.717, 1.165) is 34.2 Å². The molecule has 2 aliphatic rings. The number of hydrogen-bond acceptors (Lipinski definition) is 6. The Morgan fingerprint density at radius 2 is 1.85 bits per heavy atom. The van der Waals surface area contributed by atoms with E-state index < -0.39 is 0 Å². The second-order valence-corrected chi connectivity index (χ2v) is 9.58. The van der Waals surface area contributed by atoms with Crippen LogP contribution in [0.3, 0.4) is 0 Å². The van der Waals surface area contributed by atoms with Crippen molar-refractivity contribution in [3.05, 3.63) is 53.1 Å². The van der Waals surface area contributed by atoms with Gasteiger partial charge < -0.3 is 4.74 Å². The zero-order chi connectivity index (χ0) is 23.1. The van der Waals surface area contributed by atoms with E-state index in [9.17, 15) is 14.4 Å². The van der Waals surface area contributed by atoms with Crippen LogP contribution in [0.15, 0.2) is 36.4 Å². The predicted molar refractivity (Wildman–Crippen MR) is 128 cm³/mol. The molecule has 2 aromatic carbocycles. The Kier molecular flexibility index (Phi) is 5.72. The number of amides is 3. The molecular formula is C25H25N3O4S. The van der Waals surface area contributed by atoms with E-state index in [2.05, 4.69) is 13.0 Å². The van der Waals surface area contributed by atoms with Crippen LogP contribution in [0.25, 0.3) is 10.2 Å². The number of nitrogens with zero attached hydrogens (tertiary/aromatic N) is 3. The number of carbonyl (C=O) groups is 3. The van der Waals surface area contributed by atoms with Gasteiger partial charge in [-0.25, -0.2) is 4.98 Å². The van der Waals surface area contributed by atoms with Gasteiger partial charge in [0.2, 0.25) is 11.8 Å². The molecule has 2 saturated heterocycles. The zero-order valence-corrected chi connectivity index (χ0v) is 19.5. The monoisotopic (exact) mass is 463 g/mol. The number of fused-ring (bicyclic) bond motifs is 1. The van der Waals surface area contributed by atoms with Crippen LogP contribution < -0.4 is 9.80 Å². The second-order valence-electron chi connectivity index (χ2n) is 8.57. The summed E-state index contributed by atoms with van der Waals surface area (Å²) in [6.07, 6.45) is 2.32. The maximum Gasteiger partial charge on any atom is 0.260 e. The van der Waals surface area contributed by atoms with Gasteiger partial charge in [-0.1, -0.05) is 17.4 Å². The van der Waals surface area contributed by atoms with E-state index in [1.807, 2.05) is 13.0 Å². The first-order valence-electron chi connectivity index (χ1n) is 11.2. The first-order valence-corrected chi connectivity index (χ1v) is 12.0. The van der Waals surface area contributed by atoms with Crippen molar-refractivity contribution in [2.45, 2.75) is 45.6 Å². The van der Waals surface area contributed by atoms with Gasteiger partial charge in [0.15, 0.2) is 5.13 Å². The maximum absolute atomic E-state index is 13.6. The molecule has 0 saturated carbocycles. The van der Waals surface area contributed by atoms with Gasteiger partial charge in [0.05, 0.1) is 28.6 Å². The third-order valence-corrected chi connectivity index (χ3v) is 7.43. The highest BCUT2D eigenvalue weighted by Gasteiger charge is 2.31. The highest BCUT2D eigenvalue weighted by Crippen LogP contribution is 2.33. The minimum atomic E-state index is -0.209. The van der Waals surface area contributed by atoms with E-state index in [1.165, 1.54) is 16.2 Å². The Hall–Kier alpha value is -3.10. The molecule has 0 aliphatic carbocycles. The van der Waals surface area contributed by atoms with Crippen molar-refractivity contribution in [3.63, 3.8) is 0 Å². The van der Waals surface area contributed by atoms with Crippen LogP contribution in [0.1, 0.15) is 47.2 Å². The average Bonchev–Trinajstić information content (AvgIpc) is 3.55. The number of anilines is 2. The standard InChI is InChI=1S/C25H25N3O4S/c1-15-5-10-20-23(16(15)2)26-25(33-20)27(14-19-4-3-13-32-19)24(31)17-6-8-18(9-7-17)28-21(29)11-12-22(28)30/h5-10,19H,3-4,11-14H2,1-2H3.